The van der Waals surface area contributed by atoms with Crippen LogP contribution in [0, 0.1) is 0 Å². The molecule has 140 valence electrons. The molecule has 10 heteroatoms. The van der Waals surface area contributed by atoms with Crippen LogP contribution in [0.5, 0.6) is 0 Å². The van der Waals surface area contributed by atoms with E-state index in [-0.39, 0.29) is 5.91 Å². The smallest absolute Gasteiger partial charge is 0.256 e. The maximum Gasteiger partial charge on any atom is 0.256 e. The number of aromatic nitrogens is 5. The van der Waals surface area contributed by atoms with Crippen LogP contribution in [0.15, 0.2) is 75.2 Å². The predicted octanol–water partition coefficient (Wildman–Crippen LogP) is 4.24. The second-order valence-electron chi connectivity index (χ2n) is 5.48. The van der Waals surface area contributed by atoms with Crippen LogP contribution < -0.4 is 5.32 Å². The first-order chi connectivity index (χ1) is 13.7. The van der Waals surface area contributed by atoms with Gasteiger partial charge in [0.25, 0.3) is 5.91 Å². The van der Waals surface area contributed by atoms with Gasteiger partial charge in [0, 0.05) is 10.5 Å². The predicted molar refractivity (Wildman–Crippen MR) is 112 cm³/mol. The monoisotopic (exact) mass is 426 g/mol. The molecule has 0 aliphatic carbocycles. The first-order valence-electron chi connectivity index (χ1n) is 8.16. The average molecular weight is 427 g/mol. The molecule has 0 spiro atoms. The Hall–Kier alpha value is -2.69. The third-order valence-electron chi connectivity index (χ3n) is 3.69. The average Bonchev–Trinajstić information content (AvgIpc) is 3.38. The van der Waals surface area contributed by atoms with Gasteiger partial charge in [0.1, 0.15) is 5.00 Å². The largest absolute Gasteiger partial charge is 0.312 e. The maximum absolute atomic E-state index is 12.3. The summed E-state index contributed by atoms with van der Waals surface area (Å²) in [4.78, 5) is 17.8. The lowest BCUT2D eigenvalue weighted by Gasteiger charge is -2.03. The number of amides is 1. The summed E-state index contributed by atoms with van der Waals surface area (Å²) in [5.74, 6) is -0.167. The van der Waals surface area contributed by atoms with E-state index in [4.69, 9.17) is 0 Å². The fourth-order valence-electron chi connectivity index (χ4n) is 2.34. The number of thioether (sulfide) groups is 1. The molecule has 0 fully saturated rings. The number of hydrogen-bond acceptors (Lipinski definition) is 8. The molecule has 0 saturated carbocycles. The van der Waals surface area contributed by atoms with Crippen molar-refractivity contribution in [3.8, 4) is 5.69 Å². The van der Waals surface area contributed by atoms with E-state index in [1.807, 2.05) is 48.7 Å². The third kappa shape index (κ3) is 4.24. The molecule has 0 saturated heterocycles. The molecule has 7 nitrogen and oxygen atoms in total. The number of nitrogens with one attached hydrogen (secondary N) is 1. The van der Waals surface area contributed by atoms with E-state index in [1.165, 1.54) is 28.0 Å². The number of carbonyl (C=O) groups is 1. The van der Waals surface area contributed by atoms with Gasteiger partial charge in [-0.2, -0.15) is 4.68 Å². The minimum atomic E-state index is -0.167. The van der Waals surface area contributed by atoms with Crippen LogP contribution in [0.2, 0.25) is 0 Å². The maximum atomic E-state index is 12.3. The minimum Gasteiger partial charge on any atom is -0.312 e. The molecule has 0 bridgehead atoms. The number of carbonyl (C=O) groups excluding carboxylic acids is 1. The van der Waals surface area contributed by atoms with Crippen molar-refractivity contribution in [2.45, 2.75) is 14.4 Å². The molecule has 2 aromatic heterocycles. The lowest BCUT2D eigenvalue weighted by molar-refractivity contribution is 0.102. The van der Waals surface area contributed by atoms with Crippen molar-refractivity contribution >= 4 is 45.8 Å². The van der Waals surface area contributed by atoms with Gasteiger partial charge in [0.05, 0.1) is 11.9 Å². The second kappa shape index (κ2) is 8.55. The molecule has 1 N–H and O–H groups in total. The molecule has 28 heavy (non-hydrogen) atoms. The van der Waals surface area contributed by atoms with Gasteiger partial charge in [-0.1, -0.05) is 29.5 Å². The van der Waals surface area contributed by atoms with Gasteiger partial charge >= 0.3 is 0 Å². The quantitative estimate of drug-likeness (QED) is 0.461. The number of rotatable bonds is 6. The molecule has 0 atom stereocenters. The van der Waals surface area contributed by atoms with Crippen LogP contribution in [0.3, 0.4) is 0 Å². The fraction of sp³-hybridized carbons (Fsp3) is 0.0556. The molecule has 0 aliphatic heterocycles. The first-order valence-corrected chi connectivity index (χ1v) is 11.0. The number of nitrogens with zero attached hydrogens (tertiary/aromatic N) is 5. The zero-order valence-electron chi connectivity index (χ0n) is 14.6. The molecule has 2 aromatic carbocycles. The van der Waals surface area contributed by atoms with Gasteiger partial charge < -0.3 is 5.32 Å². The Bertz CT molecular complexity index is 1080. The van der Waals surface area contributed by atoms with Gasteiger partial charge in [-0.05, 0) is 64.8 Å². The highest BCUT2D eigenvalue weighted by molar-refractivity contribution is 8.01. The van der Waals surface area contributed by atoms with Crippen molar-refractivity contribution in [1.82, 2.24) is 25.2 Å². The van der Waals surface area contributed by atoms with E-state index >= 15 is 0 Å². The van der Waals surface area contributed by atoms with E-state index in [0.29, 0.717) is 15.7 Å². The number of thiazole rings is 1. The number of tetrazole rings is 1. The lowest BCUT2D eigenvalue weighted by Crippen LogP contribution is -2.10. The SMILES string of the molecule is CSc1ccc(-n2nnnc2Sc2ncc(NC(=O)c3ccccc3)s2)cc1. The van der Waals surface area contributed by atoms with Crippen LogP contribution in [-0.4, -0.2) is 37.4 Å². The third-order valence-corrected chi connectivity index (χ3v) is 6.36. The van der Waals surface area contributed by atoms with Gasteiger partial charge in [0.2, 0.25) is 5.16 Å². The molecule has 2 heterocycles. The Balaban J connectivity index is 1.47. The summed E-state index contributed by atoms with van der Waals surface area (Å²) in [6.45, 7) is 0. The molecule has 4 rings (SSSR count). The van der Waals surface area contributed by atoms with Crippen LogP contribution >= 0.6 is 34.9 Å². The van der Waals surface area contributed by atoms with Crippen LogP contribution in [0.4, 0.5) is 5.00 Å². The Labute approximate surface area is 173 Å². The van der Waals surface area contributed by atoms with Gasteiger partial charge in [-0.3, -0.25) is 4.79 Å². The summed E-state index contributed by atoms with van der Waals surface area (Å²) in [7, 11) is 0. The summed E-state index contributed by atoms with van der Waals surface area (Å²) in [5, 5.41) is 16.1. The summed E-state index contributed by atoms with van der Waals surface area (Å²) in [6, 6.07) is 17.1. The minimum absolute atomic E-state index is 0.167. The van der Waals surface area contributed by atoms with Crippen LogP contribution in [-0.2, 0) is 0 Å². The number of anilines is 1. The summed E-state index contributed by atoms with van der Waals surface area (Å²) in [5.41, 5.74) is 1.47. The Morgan fingerprint density at radius 1 is 1.11 bits per heavy atom. The summed E-state index contributed by atoms with van der Waals surface area (Å²) >= 11 is 4.40. The Morgan fingerprint density at radius 3 is 2.64 bits per heavy atom. The lowest BCUT2D eigenvalue weighted by atomic mass is 10.2. The van der Waals surface area contributed by atoms with Gasteiger partial charge in [0.15, 0.2) is 4.34 Å². The van der Waals surface area contributed by atoms with Gasteiger partial charge in [-0.15, -0.1) is 16.9 Å². The Kier molecular flexibility index (Phi) is 5.70. The van der Waals surface area contributed by atoms with Gasteiger partial charge in [-0.25, -0.2) is 4.98 Å². The van der Waals surface area contributed by atoms with E-state index in [9.17, 15) is 4.79 Å². The zero-order valence-corrected chi connectivity index (χ0v) is 17.1. The zero-order chi connectivity index (χ0) is 19.3. The number of hydrogen-bond donors (Lipinski definition) is 1. The Morgan fingerprint density at radius 2 is 1.89 bits per heavy atom. The highest BCUT2D eigenvalue weighted by Crippen LogP contribution is 2.33. The normalized spacial score (nSPS) is 10.8. The van der Waals surface area contributed by atoms with Crippen molar-refractivity contribution in [2.75, 3.05) is 11.6 Å². The fourth-order valence-corrected chi connectivity index (χ4v) is 4.52. The van der Waals surface area contributed by atoms with E-state index < -0.39 is 0 Å². The second-order valence-corrected chi connectivity index (χ2v) is 8.61. The van der Waals surface area contributed by atoms with Crippen molar-refractivity contribution in [2.24, 2.45) is 0 Å². The number of benzene rings is 2. The molecule has 0 unspecified atom stereocenters. The van der Waals surface area contributed by atoms with Crippen molar-refractivity contribution < 1.29 is 4.79 Å². The van der Waals surface area contributed by atoms with E-state index in [0.717, 1.165) is 10.0 Å². The highest BCUT2D eigenvalue weighted by Gasteiger charge is 2.14. The standard InChI is InChI=1S/C18H14N6OS3/c1-26-14-9-7-13(8-10-14)24-17(21-22-23-24)28-18-19-11-15(27-18)20-16(25)12-5-3-2-4-6-12/h2-11H,1H3,(H,20,25). The van der Waals surface area contributed by atoms with Crippen molar-refractivity contribution in [3.63, 3.8) is 0 Å². The molecule has 1 amide bonds. The molecular weight excluding hydrogens is 412 g/mol. The van der Waals surface area contributed by atoms with E-state index in [2.05, 4.69) is 25.8 Å². The summed E-state index contributed by atoms with van der Waals surface area (Å²) in [6.07, 6.45) is 3.67. The first kappa shape index (κ1) is 18.7. The van der Waals surface area contributed by atoms with Crippen molar-refractivity contribution in [3.05, 3.63) is 66.4 Å². The van der Waals surface area contributed by atoms with Crippen LogP contribution in [0.1, 0.15) is 10.4 Å². The summed E-state index contributed by atoms with van der Waals surface area (Å²) < 4.78 is 2.40. The molecule has 0 aliphatic rings. The van der Waals surface area contributed by atoms with E-state index in [1.54, 1.807) is 34.8 Å². The topological polar surface area (TPSA) is 85.6 Å². The van der Waals surface area contributed by atoms with Crippen LogP contribution in [0.25, 0.3) is 5.69 Å². The molecular formula is C18H14N6OS3. The highest BCUT2D eigenvalue weighted by atomic mass is 32.2. The molecule has 4 aromatic rings. The van der Waals surface area contributed by atoms with Crippen molar-refractivity contribution in [1.29, 1.82) is 0 Å². The molecule has 0 radical (unpaired) electrons.